The Balaban J connectivity index is 0.712. The van der Waals surface area contributed by atoms with E-state index in [9.17, 15) is 33.2 Å². The van der Waals surface area contributed by atoms with Gasteiger partial charge in [0.1, 0.15) is 23.3 Å². The third kappa shape index (κ3) is 12.5. The van der Waals surface area contributed by atoms with Crippen LogP contribution in [-0.4, -0.2) is 159 Å². The second kappa shape index (κ2) is 24.9. The number of methoxy groups -OCH3 is 1. The summed E-state index contributed by atoms with van der Waals surface area (Å²) in [5.74, 6) is -3.23. The van der Waals surface area contributed by atoms with Crippen LogP contribution in [0.2, 0.25) is 0 Å². The van der Waals surface area contributed by atoms with Crippen LogP contribution in [0.3, 0.4) is 0 Å². The van der Waals surface area contributed by atoms with Crippen molar-refractivity contribution < 1.29 is 56.8 Å². The van der Waals surface area contributed by atoms with E-state index in [0.717, 1.165) is 4.90 Å². The van der Waals surface area contributed by atoms with Crippen molar-refractivity contribution in [1.82, 2.24) is 30.1 Å². The molecule has 0 saturated carbocycles. The number of rotatable bonds is 23. The number of nitrogens with zero attached hydrogens (tertiary/aromatic N) is 7. The number of piperazine rings is 1. The van der Waals surface area contributed by atoms with Gasteiger partial charge in [-0.15, -0.1) is 0 Å². The number of nitrogens with one attached hydrogen (secondary N) is 3. The van der Waals surface area contributed by atoms with Crippen molar-refractivity contribution in [1.29, 1.82) is 0 Å². The lowest BCUT2D eigenvalue weighted by molar-refractivity contribution is -0.136. The number of hydrogen-bond donors (Lipinski definition) is 3. The SMILES string of the molecule is [C-]#[N+]c1ccncc1-c1ccc(NC(=O)c2ccnc(-c3c(F)cccc3OC)n2)c(N2CCN(C(=O)CCOCCOCCOCCOCCNc3ccc4c(c3)C(=O)N(C3CCC(=O)NC3=O)C4=O)CC2)c1. The molecular formula is C52H53FN10O11. The molecule has 8 rings (SSSR count). The van der Waals surface area contributed by atoms with Crippen LogP contribution in [0.1, 0.15) is 50.5 Å². The molecule has 3 aliphatic heterocycles. The van der Waals surface area contributed by atoms with Gasteiger partial charge in [0.05, 0.1) is 101 Å². The molecule has 2 fully saturated rings. The summed E-state index contributed by atoms with van der Waals surface area (Å²) in [5, 5.41) is 8.30. The van der Waals surface area contributed by atoms with Crippen molar-refractivity contribution in [2.24, 2.45) is 0 Å². The fourth-order valence-electron chi connectivity index (χ4n) is 8.58. The van der Waals surface area contributed by atoms with Gasteiger partial charge < -0.3 is 44.1 Å². The normalized spacial score (nSPS) is 15.4. The molecule has 3 aromatic carbocycles. The van der Waals surface area contributed by atoms with Crippen molar-refractivity contribution >= 4 is 58.2 Å². The molecule has 1 unspecified atom stereocenters. The second-order valence-corrected chi connectivity index (χ2v) is 17.0. The molecule has 3 N–H and O–H groups in total. The number of ether oxygens (including phenoxy) is 5. The predicted molar refractivity (Wildman–Crippen MR) is 266 cm³/mol. The first-order chi connectivity index (χ1) is 36.0. The Bertz CT molecular complexity index is 2940. The molecular weight excluding hydrogens is 960 g/mol. The van der Waals surface area contributed by atoms with Crippen LogP contribution >= 0.6 is 0 Å². The van der Waals surface area contributed by atoms with Gasteiger partial charge in [0.15, 0.2) is 11.5 Å². The van der Waals surface area contributed by atoms with Crippen LogP contribution in [0, 0.1) is 12.4 Å². The lowest BCUT2D eigenvalue weighted by Crippen LogP contribution is -2.54. The maximum Gasteiger partial charge on any atom is 0.274 e. The lowest BCUT2D eigenvalue weighted by Gasteiger charge is -2.37. The number of fused-ring (bicyclic) bond motifs is 1. The number of aromatic nitrogens is 3. The Morgan fingerprint density at radius 3 is 2.28 bits per heavy atom. The number of anilines is 3. The maximum absolute atomic E-state index is 14.9. The monoisotopic (exact) mass is 1010 g/mol. The molecule has 5 heterocycles. The molecule has 21 nitrogen and oxygen atoms in total. The van der Waals surface area contributed by atoms with Gasteiger partial charge in [-0.25, -0.2) is 19.2 Å². The van der Waals surface area contributed by atoms with Crippen molar-refractivity contribution in [3.8, 4) is 28.3 Å². The number of carbonyl (C=O) groups excluding carboxylic acids is 6. The number of benzene rings is 3. The number of piperidine rings is 1. The Kier molecular flexibility index (Phi) is 17.6. The zero-order valence-electron chi connectivity index (χ0n) is 40.5. The third-order valence-corrected chi connectivity index (χ3v) is 12.3. The summed E-state index contributed by atoms with van der Waals surface area (Å²) >= 11 is 0. The van der Waals surface area contributed by atoms with Gasteiger partial charge in [0.2, 0.25) is 17.7 Å². The Labute approximate surface area is 425 Å². The Morgan fingerprint density at radius 1 is 0.824 bits per heavy atom. The minimum Gasteiger partial charge on any atom is -0.496 e. The quantitative estimate of drug-likeness (QED) is 0.0454. The van der Waals surface area contributed by atoms with Crippen molar-refractivity contribution in [3.63, 3.8) is 0 Å². The maximum atomic E-state index is 14.9. The van der Waals surface area contributed by atoms with Gasteiger partial charge in [0.25, 0.3) is 17.7 Å². The van der Waals surface area contributed by atoms with Gasteiger partial charge >= 0.3 is 0 Å². The highest BCUT2D eigenvalue weighted by molar-refractivity contribution is 6.23. The van der Waals surface area contributed by atoms with Gasteiger partial charge in [-0.3, -0.25) is 44.0 Å². The minimum atomic E-state index is -1.02. The predicted octanol–water partition coefficient (Wildman–Crippen LogP) is 4.77. The molecule has 0 aliphatic carbocycles. The fourth-order valence-corrected chi connectivity index (χ4v) is 8.58. The summed E-state index contributed by atoms with van der Waals surface area (Å²) in [4.78, 5) is 98.0. The summed E-state index contributed by atoms with van der Waals surface area (Å²) in [6.07, 6.45) is 4.88. The zero-order chi connectivity index (χ0) is 52.0. The summed E-state index contributed by atoms with van der Waals surface area (Å²) in [5.41, 5.74) is 3.93. The summed E-state index contributed by atoms with van der Waals surface area (Å²) in [7, 11) is 1.41. The second-order valence-electron chi connectivity index (χ2n) is 17.0. The summed E-state index contributed by atoms with van der Waals surface area (Å²) < 4.78 is 42.7. The third-order valence-electron chi connectivity index (χ3n) is 12.3. The van der Waals surface area contributed by atoms with Crippen LogP contribution in [0.25, 0.3) is 27.4 Å². The summed E-state index contributed by atoms with van der Waals surface area (Å²) in [6, 6.07) is 16.6. The molecule has 22 heteroatoms. The number of imide groups is 2. The number of halogens is 1. The molecule has 384 valence electrons. The van der Waals surface area contributed by atoms with Gasteiger partial charge in [-0.1, -0.05) is 12.1 Å². The summed E-state index contributed by atoms with van der Waals surface area (Å²) in [6.45, 7) is 12.4. The molecule has 2 saturated heterocycles. The average molecular weight is 1010 g/mol. The molecule has 2 aromatic heterocycles. The van der Waals surface area contributed by atoms with Gasteiger partial charge in [-0.05, 0) is 66.6 Å². The highest BCUT2D eigenvalue weighted by Crippen LogP contribution is 2.37. The number of hydrogen-bond acceptors (Lipinski definition) is 16. The molecule has 5 aromatic rings. The van der Waals surface area contributed by atoms with E-state index >= 15 is 0 Å². The van der Waals surface area contributed by atoms with Crippen molar-refractivity contribution in [2.45, 2.75) is 25.3 Å². The first-order valence-corrected chi connectivity index (χ1v) is 23.9. The first-order valence-electron chi connectivity index (χ1n) is 23.9. The number of carbonyl (C=O) groups is 6. The highest BCUT2D eigenvalue weighted by Gasteiger charge is 2.44. The van der Waals surface area contributed by atoms with E-state index in [1.165, 1.54) is 31.5 Å². The fraction of sp³-hybridized carbons (Fsp3) is 0.346. The smallest absolute Gasteiger partial charge is 0.274 e. The lowest BCUT2D eigenvalue weighted by atomic mass is 10.0. The molecule has 3 aliphatic rings. The standard InChI is InChI=1S/C52H53FN10O11/c1-54-39-12-15-55-32-37(39)33-6-9-40(59-49(66)41-13-16-57-48(58-41)47-38(53)4-3-5-44(47)70-2)43(30-33)61-18-20-62(21-19-61)46(65)14-22-71-24-26-73-28-29-74-27-25-72-23-17-56-34-7-8-35-36(31-34)52(69)63(51(35)68)42-10-11-45(64)60-50(42)67/h3-9,12-13,15-16,30-32,42,56H,10-11,14,17-29H2,2H3,(H,59,66)(H,60,64,67). The average Bonchev–Trinajstić information content (AvgIpc) is 3.67. The van der Waals surface area contributed by atoms with Crippen LogP contribution in [0.15, 0.2) is 85.3 Å². The first kappa shape index (κ1) is 52.1. The number of amides is 6. The molecule has 1 atom stereocenters. The van der Waals surface area contributed by atoms with Gasteiger partial charge in [0, 0.05) is 69.0 Å². The van der Waals surface area contributed by atoms with E-state index in [4.69, 9.17) is 30.3 Å². The molecule has 0 radical (unpaired) electrons. The van der Waals surface area contributed by atoms with E-state index in [2.05, 4.69) is 40.6 Å². The largest absolute Gasteiger partial charge is 0.496 e. The molecule has 0 bridgehead atoms. The van der Waals surface area contributed by atoms with Gasteiger partial charge in [-0.2, -0.15) is 0 Å². The zero-order valence-corrected chi connectivity index (χ0v) is 40.5. The van der Waals surface area contributed by atoms with E-state index in [-0.39, 0.29) is 65.7 Å². The molecule has 6 amide bonds. The van der Waals surface area contributed by atoms with Crippen LogP contribution < -0.4 is 25.6 Å². The topological polar surface area (TPSA) is 237 Å². The van der Waals surface area contributed by atoms with Crippen LogP contribution in [0.5, 0.6) is 5.75 Å². The van der Waals surface area contributed by atoms with E-state index in [1.54, 1.807) is 59.8 Å². The van der Waals surface area contributed by atoms with E-state index in [0.29, 0.717) is 113 Å². The van der Waals surface area contributed by atoms with E-state index in [1.807, 2.05) is 6.07 Å². The highest BCUT2D eigenvalue weighted by atomic mass is 19.1. The van der Waals surface area contributed by atoms with Crippen LogP contribution in [0.4, 0.5) is 27.1 Å². The van der Waals surface area contributed by atoms with Crippen molar-refractivity contribution in [2.75, 3.05) is 108 Å². The number of pyridine rings is 1. The van der Waals surface area contributed by atoms with E-state index < -0.39 is 41.4 Å². The van der Waals surface area contributed by atoms with Crippen molar-refractivity contribution in [3.05, 3.63) is 119 Å². The molecule has 74 heavy (non-hydrogen) atoms. The Hall–Kier alpha value is -8.23. The molecule has 0 spiro atoms. The minimum absolute atomic E-state index is 0.000375. The van der Waals surface area contributed by atoms with Crippen LogP contribution in [-0.2, 0) is 33.3 Å². The Morgan fingerprint density at radius 2 is 1.55 bits per heavy atom.